The Balaban J connectivity index is 3.44. The second-order valence-corrected chi connectivity index (χ2v) is 11.0. The van der Waals surface area contributed by atoms with Crippen LogP contribution in [0.15, 0.2) is 18.2 Å². The molecular weight excluding hydrogens is 518 g/mol. The number of nitrogens with zero attached hydrogens (tertiary/aromatic N) is 1. The summed E-state index contributed by atoms with van der Waals surface area (Å²) in [6.07, 6.45) is 5.21. The predicted octanol–water partition coefficient (Wildman–Crippen LogP) is 4.65. The number of aryl methyl sites for hydroxylation is 2. The number of esters is 1. The van der Waals surface area contributed by atoms with Gasteiger partial charge in [-0.1, -0.05) is 57.2 Å². The molecule has 0 aliphatic rings. The maximum Gasteiger partial charge on any atom is 0.408 e. The number of amides is 3. The number of carbonyl (C=O) groups excluding carboxylic acids is 4. The fourth-order valence-electron chi connectivity index (χ4n) is 4.28. The van der Waals surface area contributed by atoms with Crippen molar-refractivity contribution < 1.29 is 28.7 Å². The first kappa shape index (κ1) is 34.3. The van der Waals surface area contributed by atoms with Crippen molar-refractivity contribution in [2.75, 3.05) is 26.0 Å². The van der Waals surface area contributed by atoms with Gasteiger partial charge in [0.05, 0.1) is 7.11 Å². The van der Waals surface area contributed by atoms with Gasteiger partial charge in [-0.2, -0.15) is 12.6 Å². The summed E-state index contributed by atoms with van der Waals surface area (Å²) in [6.45, 7) is 11.1. The van der Waals surface area contributed by atoms with Crippen LogP contribution in [0.1, 0.15) is 89.0 Å². The van der Waals surface area contributed by atoms with E-state index in [1.165, 1.54) is 12.0 Å². The number of rotatable bonds is 15. The number of hydrogen-bond donors (Lipinski definition) is 3. The van der Waals surface area contributed by atoms with E-state index in [4.69, 9.17) is 4.74 Å². The second-order valence-electron chi connectivity index (χ2n) is 10.7. The third-order valence-electron chi connectivity index (χ3n) is 6.22. The lowest BCUT2D eigenvalue weighted by Crippen LogP contribution is -2.54. The molecule has 1 aromatic rings. The molecule has 1 aromatic carbocycles. The Labute approximate surface area is 239 Å². The maximum absolute atomic E-state index is 14.0. The Morgan fingerprint density at radius 2 is 1.59 bits per heavy atom. The SMILES string of the molecule is CCCCCCCCN(C(=O)C(CS)NC(=O)OC(C)(C)C)C(C(=O)NCC(=O)OC)c1c(C)cccc1C. The molecule has 2 N–H and O–H groups in total. The van der Waals surface area contributed by atoms with Crippen molar-refractivity contribution in [3.05, 3.63) is 34.9 Å². The van der Waals surface area contributed by atoms with Crippen molar-refractivity contribution in [1.82, 2.24) is 15.5 Å². The molecule has 220 valence electrons. The first-order valence-corrected chi connectivity index (χ1v) is 14.3. The van der Waals surface area contributed by atoms with Gasteiger partial charge in [-0.25, -0.2) is 4.79 Å². The monoisotopic (exact) mass is 565 g/mol. The summed E-state index contributed by atoms with van der Waals surface area (Å²) < 4.78 is 10.0. The summed E-state index contributed by atoms with van der Waals surface area (Å²) in [5, 5.41) is 5.25. The van der Waals surface area contributed by atoms with E-state index in [1.807, 2.05) is 32.0 Å². The molecule has 0 saturated carbocycles. The van der Waals surface area contributed by atoms with Crippen LogP contribution in [-0.2, 0) is 23.9 Å². The Morgan fingerprint density at radius 3 is 2.13 bits per heavy atom. The molecule has 0 aliphatic carbocycles. The predicted molar refractivity (Wildman–Crippen MR) is 156 cm³/mol. The van der Waals surface area contributed by atoms with Gasteiger partial charge in [-0.05, 0) is 57.7 Å². The second kappa shape index (κ2) is 17.0. The van der Waals surface area contributed by atoms with Gasteiger partial charge in [-0.15, -0.1) is 0 Å². The lowest BCUT2D eigenvalue weighted by Gasteiger charge is -2.35. The molecule has 0 saturated heterocycles. The smallest absolute Gasteiger partial charge is 0.408 e. The fourth-order valence-corrected chi connectivity index (χ4v) is 4.53. The van der Waals surface area contributed by atoms with Gasteiger partial charge in [-0.3, -0.25) is 14.4 Å². The van der Waals surface area contributed by atoms with Crippen molar-refractivity contribution in [3.63, 3.8) is 0 Å². The van der Waals surface area contributed by atoms with E-state index in [0.717, 1.165) is 43.2 Å². The van der Waals surface area contributed by atoms with Gasteiger partial charge in [0.15, 0.2) is 0 Å². The number of methoxy groups -OCH3 is 1. The normalized spacial score (nSPS) is 12.7. The standard InChI is InChI=1S/C29H47N3O6S/c1-8-9-10-11-12-13-17-32(27(35)22(19-39)31-28(36)38-29(4,5)6)25(26(34)30-18-23(33)37-7)24-20(2)15-14-16-21(24)3/h14-16,22,25,39H,8-13,17-19H2,1-7H3,(H,30,34)(H,31,36). The molecule has 0 bridgehead atoms. The molecule has 0 radical (unpaired) electrons. The topological polar surface area (TPSA) is 114 Å². The van der Waals surface area contributed by atoms with E-state index in [1.54, 1.807) is 20.8 Å². The molecule has 10 heteroatoms. The van der Waals surface area contributed by atoms with Gasteiger partial charge in [0.25, 0.3) is 0 Å². The third kappa shape index (κ3) is 11.9. The number of alkyl carbamates (subject to hydrolysis) is 1. The summed E-state index contributed by atoms with van der Waals surface area (Å²) >= 11 is 4.33. The highest BCUT2D eigenvalue weighted by molar-refractivity contribution is 7.80. The van der Waals surface area contributed by atoms with Crippen LogP contribution in [0.4, 0.5) is 4.79 Å². The highest BCUT2D eigenvalue weighted by atomic mass is 32.1. The Morgan fingerprint density at radius 1 is 1.00 bits per heavy atom. The van der Waals surface area contributed by atoms with Crippen LogP contribution in [-0.4, -0.2) is 66.4 Å². The number of nitrogens with one attached hydrogen (secondary N) is 2. The number of unbranched alkanes of at least 4 members (excludes halogenated alkanes) is 5. The van der Waals surface area contributed by atoms with Crippen LogP contribution < -0.4 is 10.6 Å². The number of hydrogen-bond acceptors (Lipinski definition) is 7. The molecule has 2 atom stereocenters. The van der Waals surface area contributed by atoms with Crippen molar-refractivity contribution in [1.29, 1.82) is 0 Å². The summed E-state index contributed by atoms with van der Waals surface area (Å²) in [5.74, 6) is -1.55. The Kier molecular flexibility index (Phi) is 15.0. The summed E-state index contributed by atoms with van der Waals surface area (Å²) in [7, 11) is 1.24. The highest BCUT2D eigenvalue weighted by Gasteiger charge is 2.37. The van der Waals surface area contributed by atoms with Gasteiger partial charge >= 0.3 is 12.1 Å². The quantitative estimate of drug-likeness (QED) is 0.162. The molecule has 3 amide bonds. The van der Waals surface area contributed by atoms with E-state index in [9.17, 15) is 19.2 Å². The van der Waals surface area contributed by atoms with E-state index in [0.29, 0.717) is 12.0 Å². The largest absolute Gasteiger partial charge is 0.468 e. The minimum Gasteiger partial charge on any atom is -0.468 e. The molecule has 0 heterocycles. The van der Waals surface area contributed by atoms with E-state index < -0.39 is 41.6 Å². The molecule has 9 nitrogen and oxygen atoms in total. The number of thiol groups is 1. The maximum atomic E-state index is 14.0. The lowest BCUT2D eigenvalue weighted by molar-refractivity contribution is -0.144. The first-order chi connectivity index (χ1) is 18.4. The zero-order valence-corrected chi connectivity index (χ0v) is 25.5. The molecule has 0 aliphatic heterocycles. The van der Waals surface area contributed by atoms with Gasteiger partial charge < -0.3 is 25.0 Å². The van der Waals surface area contributed by atoms with Crippen molar-refractivity contribution >= 4 is 36.5 Å². The van der Waals surface area contributed by atoms with Crippen LogP contribution in [0.25, 0.3) is 0 Å². The lowest BCUT2D eigenvalue weighted by atomic mass is 9.93. The minimum absolute atomic E-state index is 0.00826. The van der Waals surface area contributed by atoms with Crippen LogP contribution in [0.2, 0.25) is 0 Å². The number of carbonyl (C=O) groups is 4. The molecule has 0 fully saturated rings. The van der Waals surface area contributed by atoms with Crippen LogP contribution in [0.3, 0.4) is 0 Å². The van der Waals surface area contributed by atoms with Gasteiger partial charge in [0.1, 0.15) is 24.2 Å². The summed E-state index contributed by atoms with van der Waals surface area (Å²) in [6, 6.07) is 3.60. The molecule has 0 spiro atoms. The van der Waals surface area contributed by atoms with Gasteiger partial charge in [0, 0.05) is 12.3 Å². The molecule has 0 aromatic heterocycles. The van der Waals surface area contributed by atoms with Crippen molar-refractivity contribution in [3.8, 4) is 0 Å². The zero-order valence-electron chi connectivity index (χ0n) is 24.6. The van der Waals surface area contributed by atoms with Gasteiger partial charge in [0.2, 0.25) is 11.8 Å². The zero-order chi connectivity index (χ0) is 29.6. The summed E-state index contributed by atoms with van der Waals surface area (Å²) in [4.78, 5) is 53.5. The van der Waals surface area contributed by atoms with Crippen LogP contribution in [0.5, 0.6) is 0 Å². The highest BCUT2D eigenvalue weighted by Crippen LogP contribution is 2.29. The Bertz CT molecular complexity index is 943. The van der Waals surface area contributed by atoms with Crippen molar-refractivity contribution in [2.45, 2.75) is 97.8 Å². The Hall–Kier alpha value is -2.75. The molecular formula is C29H47N3O6S. The molecule has 39 heavy (non-hydrogen) atoms. The molecule has 2 unspecified atom stereocenters. The number of benzene rings is 1. The fraction of sp³-hybridized carbons (Fsp3) is 0.655. The number of ether oxygens (including phenoxy) is 2. The first-order valence-electron chi connectivity index (χ1n) is 13.7. The van der Waals surface area contributed by atoms with Crippen LogP contribution >= 0.6 is 12.6 Å². The third-order valence-corrected chi connectivity index (χ3v) is 6.58. The van der Waals surface area contributed by atoms with Crippen molar-refractivity contribution in [2.24, 2.45) is 0 Å². The van der Waals surface area contributed by atoms with E-state index in [2.05, 4.69) is 34.9 Å². The van der Waals surface area contributed by atoms with E-state index >= 15 is 0 Å². The average Bonchev–Trinajstić information content (AvgIpc) is 2.86. The average molecular weight is 566 g/mol. The van der Waals surface area contributed by atoms with Crippen LogP contribution in [0, 0.1) is 13.8 Å². The molecule has 1 rings (SSSR count). The summed E-state index contributed by atoms with van der Waals surface area (Å²) in [5.41, 5.74) is 1.59. The van der Waals surface area contributed by atoms with E-state index in [-0.39, 0.29) is 18.8 Å². The minimum atomic E-state index is -1.03.